The molecule has 1 aromatic carbocycles. The van der Waals surface area contributed by atoms with Gasteiger partial charge in [0.1, 0.15) is 10.8 Å². The van der Waals surface area contributed by atoms with E-state index in [0.29, 0.717) is 5.69 Å². The Balaban J connectivity index is 2.27. The van der Waals surface area contributed by atoms with Crippen molar-refractivity contribution in [2.75, 3.05) is 12.8 Å². The maximum Gasteiger partial charge on any atom is 0.124 e. The monoisotopic (exact) mass is 246 g/mol. The molecule has 0 saturated carbocycles. The van der Waals surface area contributed by atoms with Gasteiger partial charge >= 0.3 is 0 Å². The van der Waals surface area contributed by atoms with Crippen LogP contribution in [-0.4, -0.2) is 12.1 Å². The Bertz CT molecular complexity index is 529. The fourth-order valence-electron chi connectivity index (χ4n) is 1.40. The van der Waals surface area contributed by atoms with Gasteiger partial charge in [-0.25, -0.2) is 4.98 Å². The SMILES string of the molecule is COc1cccc(Sc2nc(C)ccc2N)c1. The van der Waals surface area contributed by atoms with E-state index >= 15 is 0 Å². The zero-order valence-electron chi connectivity index (χ0n) is 9.81. The van der Waals surface area contributed by atoms with Crippen molar-refractivity contribution >= 4 is 17.4 Å². The highest BCUT2D eigenvalue weighted by Crippen LogP contribution is 2.32. The minimum Gasteiger partial charge on any atom is -0.497 e. The van der Waals surface area contributed by atoms with Crippen molar-refractivity contribution in [2.24, 2.45) is 0 Å². The lowest BCUT2D eigenvalue weighted by Crippen LogP contribution is -1.93. The van der Waals surface area contributed by atoms with Crippen molar-refractivity contribution in [1.82, 2.24) is 4.98 Å². The molecule has 0 aliphatic carbocycles. The summed E-state index contributed by atoms with van der Waals surface area (Å²) >= 11 is 1.54. The minimum atomic E-state index is 0.698. The quantitative estimate of drug-likeness (QED) is 0.904. The molecular formula is C13H14N2OS. The van der Waals surface area contributed by atoms with Gasteiger partial charge < -0.3 is 10.5 Å². The molecule has 0 amide bonds. The molecule has 0 atom stereocenters. The van der Waals surface area contributed by atoms with E-state index in [0.717, 1.165) is 21.4 Å². The van der Waals surface area contributed by atoms with Crippen LogP contribution in [0.3, 0.4) is 0 Å². The molecule has 1 aromatic heterocycles. The number of hydrogen-bond donors (Lipinski definition) is 1. The Labute approximate surface area is 105 Å². The third kappa shape index (κ3) is 2.91. The van der Waals surface area contributed by atoms with Crippen LogP contribution < -0.4 is 10.5 Å². The molecule has 0 radical (unpaired) electrons. The zero-order valence-corrected chi connectivity index (χ0v) is 10.6. The number of benzene rings is 1. The van der Waals surface area contributed by atoms with E-state index in [1.54, 1.807) is 18.9 Å². The Hall–Kier alpha value is -1.68. The van der Waals surface area contributed by atoms with Gasteiger partial charge in [-0.3, -0.25) is 0 Å². The summed E-state index contributed by atoms with van der Waals surface area (Å²) < 4.78 is 5.18. The van der Waals surface area contributed by atoms with Crippen molar-refractivity contribution in [3.8, 4) is 5.75 Å². The standard InChI is InChI=1S/C13H14N2OS/c1-9-6-7-12(14)13(15-9)17-11-5-3-4-10(8-11)16-2/h3-8H,14H2,1-2H3. The van der Waals surface area contributed by atoms with Gasteiger partial charge in [-0.2, -0.15) is 0 Å². The first-order valence-corrected chi connectivity index (χ1v) is 6.06. The number of nitrogens with two attached hydrogens (primary N) is 1. The highest BCUT2D eigenvalue weighted by Gasteiger charge is 2.04. The molecule has 0 unspecified atom stereocenters. The van der Waals surface area contributed by atoms with E-state index in [1.165, 1.54) is 0 Å². The largest absolute Gasteiger partial charge is 0.497 e. The second kappa shape index (κ2) is 5.10. The van der Waals surface area contributed by atoms with E-state index in [-0.39, 0.29) is 0 Å². The number of aromatic nitrogens is 1. The van der Waals surface area contributed by atoms with Crippen LogP contribution in [0.4, 0.5) is 5.69 Å². The topological polar surface area (TPSA) is 48.1 Å². The summed E-state index contributed by atoms with van der Waals surface area (Å²) in [5.41, 5.74) is 7.55. The van der Waals surface area contributed by atoms with Crippen LogP contribution in [0, 0.1) is 6.92 Å². The van der Waals surface area contributed by atoms with Crippen molar-refractivity contribution < 1.29 is 4.74 Å². The third-order valence-electron chi connectivity index (χ3n) is 2.28. The lowest BCUT2D eigenvalue weighted by Gasteiger charge is -2.06. The van der Waals surface area contributed by atoms with Gasteiger partial charge in [-0.1, -0.05) is 17.8 Å². The number of methoxy groups -OCH3 is 1. The van der Waals surface area contributed by atoms with Gasteiger partial charge in [-0.05, 0) is 37.3 Å². The summed E-state index contributed by atoms with van der Waals surface area (Å²) in [7, 11) is 1.66. The van der Waals surface area contributed by atoms with Gasteiger partial charge in [0, 0.05) is 10.6 Å². The molecule has 2 rings (SSSR count). The van der Waals surface area contributed by atoms with Gasteiger partial charge in [0.2, 0.25) is 0 Å². The first-order chi connectivity index (χ1) is 8.19. The summed E-state index contributed by atoms with van der Waals surface area (Å²) in [6.45, 7) is 1.95. The fourth-order valence-corrected chi connectivity index (χ4v) is 2.32. The molecule has 0 spiro atoms. The summed E-state index contributed by atoms with van der Waals surface area (Å²) in [4.78, 5) is 5.48. The molecule has 2 N–H and O–H groups in total. The molecule has 0 aliphatic heterocycles. The maximum atomic E-state index is 5.89. The number of aryl methyl sites for hydroxylation is 1. The molecule has 1 heterocycles. The molecule has 0 saturated heterocycles. The van der Waals surface area contributed by atoms with Gasteiger partial charge in [-0.15, -0.1) is 0 Å². The Morgan fingerprint density at radius 3 is 2.82 bits per heavy atom. The van der Waals surface area contributed by atoms with Gasteiger partial charge in [0.15, 0.2) is 0 Å². The molecule has 3 nitrogen and oxygen atoms in total. The van der Waals surface area contributed by atoms with E-state index in [2.05, 4.69) is 4.98 Å². The molecule has 0 bridgehead atoms. The molecular weight excluding hydrogens is 232 g/mol. The number of pyridine rings is 1. The van der Waals surface area contributed by atoms with E-state index in [1.807, 2.05) is 43.3 Å². The van der Waals surface area contributed by atoms with Crippen LogP contribution in [0.5, 0.6) is 5.75 Å². The first-order valence-electron chi connectivity index (χ1n) is 5.24. The zero-order chi connectivity index (χ0) is 12.3. The lowest BCUT2D eigenvalue weighted by molar-refractivity contribution is 0.413. The predicted molar refractivity (Wildman–Crippen MR) is 70.5 cm³/mol. The minimum absolute atomic E-state index is 0.698. The number of nitrogens with zero attached hydrogens (tertiary/aromatic N) is 1. The Morgan fingerprint density at radius 2 is 2.06 bits per heavy atom. The lowest BCUT2D eigenvalue weighted by atomic mass is 10.3. The third-order valence-corrected chi connectivity index (χ3v) is 3.29. The summed E-state index contributed by atoms with van der Waals surface area (Å²) in [6, 6.07) is 11.6. The number of nitrogen functional groups attached to an aromatic ring is 1. The van der Waals surface area contributed by atoms with Crippen LogP contribution >= 0.6 is 11.8 Å². The van der Waals surface area contributed by atoms with Crippen molar-refractivity contribution in [1.29, 1.82) is 0 Å². The maximum absolute atomic E-state index is 5.89. The smallest absolute Gasteiger partial charge is 0.124 e. The van der Waals surface area contributed by atoms with Crippen molar-refractivity contribution in [3.63, 3.8) is 0 Å². The van der Waals surface area contributed by atoms with Crippen molar-refractivity contribution in [3.05, 3.63) is 42.1 Å². The van der Waals surface area contributed by atoms with Crippen molar-refractivity contribution in [2.45, 2.75) is 16.8 Å². The second-order valence-electron chi connectivity index (χ2n) is 3.63. The van der Waals surface area contributed by atoms with Crippen LogP contribution in [0.15, 0.2) is 46.3 Å². The predicted octanol–water partition coefficient (Wildman–Crippen LogP) is 3.13. The molecule has 88 valence electrons. The number of rotatable bonds is 3. The normalized spacial score (nSPS) is 10.2. The Kier molecular flexibility index (Phi) is 3.54. The summed E-state index contributed by atoms with van der Waals surface area (Å²) in [5.74, 6) is 0.834. The summed E-state index contributed by atoms with van der Waals surface area (Å²) in [6.07, 6.45) is 0. The molecule has 0 fully saturated rings. The van der Waals surface area contributed by atoms with Gasteiger partial charge in [0.25, 0.3) is 0 Å². The second-order valence-corrected chi connectivity index (χ2v) is 4.69. The van der Waals surface area contributed by atoms with E-state index < -0.39 is 0 Å². The van der Waals surface area contributed by atoms with Crippen LogP contribution in [0.25, 0.3) is 0 Å². The van der Waals surface area contributed by atoms with Gasteiger partial charge in [0.05, 0.1) is 12.8 Å². The van der Waals surface area contributed by atoms with E-state index in [9.17, 15) is 0 Å². The van der Waals surface area contributed by atoms with Crippen LogP contribution in [0.1, 0.15) is 5.69 Å². The molecule has 17 heavy (non-hydrogen) atoms. The van der Waals surface area contributed by atoms with Crippen LogP contribution in [0.2, 0.25) is 0 Å². The molecule has 4 heteroatoms. The highest BCUT2D eigenvalue weighted by atomic mass is 32.2. The number of hydrogen-bond acceptors (Lipinski definition) is 4. The molecule has 0 aliphatic rings. The molecule has 2 aromatic rings. The summed E-state index contributed by atoms with van der Waals surface area (Å²) in [5, 5.41) is 0.832. The number of ether oxygens (including phenoxy) is 1. The first kappa shape index (κ1) is 11.8. The van der Waals surface area contributed by atoms with Crippen LogP contribution in [-0.2, 0) is 0 Å². The Morgan fingerprint density at radius 1 is 1.24 bits per heavy atom. The highest BCUT2D eigenvalue weighted by molar-refractivity contribution is 7.99. The average Bonchev–Trinajstić information content (AvgIpc) is 2.34. The number of anilines is 1. The fraction of sp³-hybridized carbons (Fsp3) is 0.154. The average molecular weight is 246 g/mol. The van der Waals surface area contributed by atoms with E-state index in [4.69, 9.17) is 10.5 Å².